The Balaban J connectivity index is 1.73. The molecule has 0 aliphatic heterocycles. The molecule has 3 aromatic heterocycles. The van der Waals surface area contributed by atoms with Crippen LogP contribution in [-0.4, -0.2) is 47.4 Å². The molecule has 2 aromatic carbocycles. The van der Waals surface area contributed by atoms with Gasteiger partial charge < -0.3 is 19.1 Å². The molecule has 0 bridgehead atoms. The monoisotopic (exact) mass is 522 g/mol. The fourth-order valence-electron chi connectivity index (χ4n) is 4.25. The molecule has 3 heterocycles. The van der Waals surface area contributed by atoms with Gasteiger partial charge >= 0.3 is 12.6 Å². The smallest absolute Gasteiger partial charge is 0.387 e. The number of alkyl halides is 2. The third kappa shape index (κ3) is 4.54. The van der Waals surface area contributed by atoms with Crippen molar-refractivity contribution in [3.05, 3.63) is 64.8 Å². The number of hydrogen-bond donors (Lipinski definition) is 1. The molecule has 5 rings (SSSR count). The van der Waals surface area contributed by atoms with Gasteiger partial charge in [0.25, 0.3) is 5.56 Å². The minimum Gasteiger partial charge on any atom is -0.464 e. The average molecular weight is 523 g/mol. The third-order valence-corrected chi connectivity index (χ3v) is 5.87. The topological polar surface area (TPSA) is 117 Å². The standard InChI is InChI=1S/C26H24F2N6O4/c1-5-37-25-29-13-18-21(32-25)34(15-7-9-16(10-8-15)38-24(27)28)22(35)20(30-18)14-6-11-17-19(12-14)33(4)23(31-17)26(2,3)36/h6-13,24,36H,5H2,1-4H3. The highest BCUT2D eigenvalue weighted by Crippen LogP contribution is 2.28. The molecule has 0 atom stereocenters. The quantitative estimate of drug-likeness (QED) is 0.341. The van der Waals surface area contributed by atoms with Crippen molar-refractivity contribution in [2.45, 2.75) is 33.0 Å². The predicted octanol–water partition coefficient (Wildman–Crippen LogP) is 3.96. The summed E-state index contributed by atoms with van der Waals surface area (Å²) in [6.45, 7) is 2.41. The van der Waals surface area contributed by atoms with Crippen LogP contribution in [0.3, 0.4) is 0 Å². The van der Waals surface area contributed by atoms with Gasteiger partial charge in [-0.25, -0.2) is 15.0 Å². The van der Waals surface area contributed by atoms with Crippen molar-refractivity contribution in [1.29, 1.82) is 0 Å². The lowest BCUT2D eigenvalue weighted by molar-refractivity contribution is -0.0498. The molecule has 0 amide bonds. The zero-order chi connectivity index (χ0) is 27.2. The first-order chi connectivity index (χ1) is 18.1. The van der Waals surface area contributed by atoms with Crippen molar-refractivity contribution in [2.24, 2.45) is 7.05 Å². The Labute approximate surface area is 215 Å². The van der Waals surface area contributed by atoms with Gasteiger partial charge in [0.05, 0.1) is 29.5 Å². The minimum absolute atomic E-state index is 0.0516. The number of imidazole rings is 1. The molecule has 0 unspecified atom stereocenters. The first-order valence-electron chi connectivity index (χ1n) is 11.7. The van der Waals surface area contributed by atoms with Crippen LogP contribution in [-0.2, 0) is 12.6 Å². The first-order valence-corrected chi connectivity index (χ1v) is 11.7. The number of aliphatic hydroxyl groups is 1. The van der Waals surface area contributed by atoms with Gasteiger partial charge in [0.2, 0.25) is 0 Å². The molecule has 0 fully saturated rings. The van der Waals surface area contributed by atoms with Crippen LogP contribution in [0.4, 0.5) is 8.78 Å². The number of aromatic nitrogens is 6. The van der Waals surface area contributed by atoms with Gasteiger partial charge in [0.1, 0.15) is 28.4 Å². The van der Waals surface area contributed by atoms with E-state index >= 15 is 0 Å². The van der Waals surface area contributed by atoms with E-state index in [0.29, 0.717) is 40.2 Å². The normalized spacial score (nSPS) is 12.0. The number of halogens is 2. The molecule has 10 nitrogen and oxygen atoms in total. The van der Waals surface area contributed by atoms with Gasteiger partial charge in [0, 0.05) is 12.6 Å². The zero-order valence-corrected chi connectivity index (χ0v) is 21.0. The number of fused-ring (bicyclic) bond motifs is 2. The van der Waals surface area contributed by atoms with Crippen LogP contribution in [0.5, 0.6) is 11.8 Å². The highest BCUT2D eigenvalue weighted by Gasteiger charge is 2.24. The molecular weight excluding hydrogens is 498 g/mol. The van der Waals surface area contributed by atoms with Crippen LogP contribution < -0.4 is 15.0 Å². The molecular formula is C26H24F2N6O4. The maximum atomic E-state index is 13.9. The van der Waals surface area contributed by atoms with Crippen LogP contribution in [0.15, 0.2) is 53.5 Å². The Kier molecular flexibility index (Phi) is 6.27. The fourth-order valence-corrected chi connectivity index (χ4v) is 4.25. The Morgan fingerprint density at radius 3 is 2.45 bits per heavy atom. The van der Waals surface area contributed by atoms with E-state index in [9.17, 15) is 18.7 Å². The van der Waals surface area contributed by atoms with E-state index < -0.39 is 17.8 Å². The second-order valence-electron chi connectivity index (χ2n) is 9.02. The lowest BCUT2D eigenvalue weighted by Crippen LogP contribution is -2.23. The van der Waals surface area contributed by atoms with Crippen LogP contribution in [0, 0.1) is 0 Å². The summed E-state index contributed by atoms with van der Waals surface area (Å²) >= 11 is 0. The molecule has 5 aromatic rings. The van der Waals surface area contributed by atoms with Crippen molar-refractivity contribution in [3.8, 4) is 28.7 Å². The summed E-state index contributed by atoms with van der Waals surface area (Å²) in [6.07, 6.45) is 1.45. The largest absolute Gasteiger partial charge is 0.464 e. The van der Waals surface area contributed by atoms with Crippen LogP contribution >= 0.6 is 0 Å². The number of hydrogen-bond acceptors (Lipinski definition) is 8. The summed E-state index contributed by atoms with van der Waals surface area (Å²) in [7, 11) is 1.78. The second kappa shape index (κ2) is 9.45. The highest BCUT2D eigenvalue weighted by molar-refractivity contribution is 5.83. The summed E-state index contributed by atoms with van der Waals surface area (Å²) in [5, 5.41) is 10.5. The van der Waals surface area contributed by atoms with E-state index in [4.69, 9.17) is 4.74 Å². The molecule has 1 N–H and O–H groups in total. The van der Waals surface area contributed by atoms with Crippen molar-refractivity contribution in [3.63, 3.8) is 0 Å². The Hall–Kier alpha value is -4.45. The molecule has 0 radical (unpaired) electrons. The van der Waals surface area contributed by atoms with Gasteiger partial charge in [-0.15, -0.1) is 0 Å². The molecule has 0 aliphatic carbocycles. The average Bonchev–Trinajstić information content (AvgIpc) is 3.21. The van der Waals surface area contributed by atoms with Gasteiger partial charge in [-0.3, -0.25) is 9.36 Å². The first kappa shape index (κ1) is 25.2. The third-order valence-electron chi connectivity index (χ3n) is 5.87. The number of rotatable bonds is 7. The highest BCUT2D eigenvalue weighted by atomic mass is 19.3. The Morgan fingerprint density at radius 1 is 1.05 bits per heavy atom. The molecule has 0 spiro atoms. The summed E-state index contributed by atoms with van der Waals surface area (Å²) in [6, 6.07) is 10.9. The summed E-state index contributed by atoms with van der Waals surface area (Å²) in [5.41, 5.74) is 1.17. The van der Waals surface area contributed by atoms with Crippen molar-refractivity contribution in [2.75, 3.05) is 6.61 Å². The van der Waals surface area contributed by atoms with E-state index in [-0.39, 0.29) is 23.1 Å². The lowest BCUT2D eigenvalue weighted by atomic mass is 10.1. The van der Waals surface area contributed by atoms with Crippen molar-refractivity contribution in [1.82, 2.24) is 29.1 Å². The molecule has 0 saturated heterocycles. The molecule has 0 aliphatic rings. The second-order valence-corrected chi connectivity index (χ2v) is 9.02. The molecule has 196 valence electrons. The number of aryl methyl sites for hydroxylation is 1. The maximum absolute atomic E-state index is 13.9. The Morgan fingerprint density at radius 2 is 1.79 bits per heavy atom. The zero-order valence-electron chi connectivity index (χ0n) is 21.0. The maximum Gasteiger partial charge on any atom is 0.387 e. The molecule has 38 heavy (non-hydrogen) atoms. The van der Waals surface area contributed by atoms with E-state index in [0.717, 1.165) is 0 Å². The summed E-state index contributed by atoms with van der Waals surface area (Å²) in [4.78, 5) is 31.5. The van der Waals surface area contributed by atoms with Crippen molar-refractivity contribution < 1.29 is 23.4 Å². The number of nitrogens with zero attached hydrogens (tertiary/aromatic N) is 6. The minimum atomic E-state index is -2.97. The van der Waals surface area contributed by atoms with E-state index in [1.54, 1.807) is 50.6 Å². The van der Waals surface area contributed by atoms with Crippen LogP contribution in [0.25, 0.3) is 39.1 Å². The van der Waals surface area contributed by atoms with Gasteiger partial charge in [-0.1, -0.05) is 6.07 Å². The van der Waals surface area contributed by atoms with Gasteiger partial charge in [0.15, 0.2) is 5.65 Å². The van der Waals surface area contributed by atoms with Crippen LogP contribution in [0.1, 0.15) is 26.6 Å². The van der Waals surface area contributed by atoms with Crippen molar-refractivity contribution >= 4 is 22.2 Å². The van der Waals surface area contributed by atoms with E-state index in [2.05, 4.69) is 24.7 Å². The summed E-state index contributed by atoms with van der Waals surface area (Å²) < 4.78 is 38.2. The lowest BCUT2D eigenvalue weighted by Gasteiger charge is -2.16. The van der Waals surface area contributed by atoms with Crippen LogP contribution in [0.2, 0.25) is 0 Å². The van der Waals surface area contributed by atoms with E-state index in [1.165, 1.54) is 35.0 Å². The van der Waals surface area contributed by atoms with Gasteiger partial charge in [-0.05, 0) is 57.2 Å². The SMILES string of the molecule is CCOc1ncc2nc(-c3ccc4nc(C(C)(C)O)n(C)c4c3)c(=O)n(-c3ccc(OC(F)F)cc3)c2n1. The number of benzene rings is 2. The Bertz CT molecular complexity index is 1710. The summed E-state index contributed by atoms with van der Waals surface area (Å²) in [5.74, 6) is 0.417. The molecule has 0 saturated carbocycles. The van der Waals surface area contributed by atoms with E-state index in [1.807, 2.05) is 0 Å². The number of ether oxygens (including phenoxy) is 2. The predicted molar refractivity (Wildman–Crippen MR) is 136 cm³/mol. The van der Waals surface area contributed by atoms with Gasteiger partial charge in [-0.2, -0.15) is 13.8 Å². The fraction of sp³-hybridized carbons (Fsp3) is 0.269. The molecule has 12 heteroatoms.